The molecule has 128 valence electrons. The molecule has 0 saturated heterocycles. The molecular formula is C14H16N4O5S. The van der Waals surface area contributed by atoms with Gasteiger partial charge >= 0.3 is 0 Å². The Kier molecular flexibility index (Phi) is 6.80. The second kappa shape index (κ2) is 8.58. The Bertz CT molecular complexity index is 788. The quantitative estimate of drug-likeness (QED) is 0.754. The van der Waals surface area contributed by atoms with Crippen molar-refractivity contribution in [2.75, 3.05) is 10.0 Å². The monoisotopic (exact) mass is 352 g/mol. The molecular weight excluding hydrogens is 336 g/mol. The molecule has 2 aromatic rings. The van der Waals surface area contributed by atoms with Crippen molar-refractivity contribution in [3.05, 3.63) is 42.7 Å². The lowest BCUT2D eigenvalue weighted by Gasteiger charge is -2.07. The molecule has 9 nitrogen and oxygen atoms in total. The van der Waals surface area contributed by atoms with E-state index in [2.05, 4.69) is 20.0 Å². The second-order valence-corrected chi connectivity index (χ2v) is 6.08. The number of carboxylic acids is 1. The van der Waals surface area contributed by atoms with Gasteiger partial charge < -0.3 is 10.4 Å². The second-order valence-electron chi connectivity index (χ2n) is 4.40. The van der Waals surface area contributed by atoms with E-state index in [9.17, 15) is 13.2 Å². The number of rotatable bonds is 4. The number of aromatic nitrogens is 2. The molecule has 0 radical (unpaired) electrons. The first kappa shape index (κ1) is 19.0. The normalized spacial score (nSPS) is 10.1. The number of carbonyl (C=O) groups excluding carboxylic acids is 1. The van der Waals surface area contributed by atoms with E-state index in [1.165, 1.54) is 43.6 Å². The van der Waals surface area contributed by atoms with Gasteiger partial charge in [0.15, 0.2) is 0 Å². The van der Waals surface area contributed by atoms with E-state index < -0.39 is 16.0 Å². The van der Waals surface area contributed by atoms with Gasteiger partial charge in [-0.05, 0) is 30.3 Å². The third-order valence-electron chi connectivity index (χ3n) is 2.28. The van der Waals surface area contributed by atoms with Gasteiger partial charge in [0.05, 0.1) is 4.90 Å². The number of sulfonamides is 1. The molecule has 0 unspecified atom stereocenters. The predicted molar refractivity (Wildman–Crippen MR) is 86.9 cm³/mol. The van der Waals surface area contributed by atoms with Gasteiger partial charge in [0, 0.05) is 31.9 Å². The summed E-state index contributed by atoms with van der Waals surface area (Å²) in [5.74, 6) is -1.06. The standard InChI is InChI=1S/C12H12N4O3S.C2H4O2/c1-9(17)15-10-3-5-11(6-4-10)20(18,19)16-12-13-7-2-8-14-12;1-2(3)4/h2-8H,1H3,(H,15,17)(H,13,14,16);1H3,(H,3,4). The highest BCUT2D eigenvalue weighted by Crippen LogP contribution is 2.16. The lowest BCUT2D eigenvalue weighted by Crippen LogP contribution is -2.15. The predicted octanol–water partition coefficient (Wildman–Crippen LogP) is 1.33. The molecule has 0 spiro atoms. The van der Waals surface area contributed by atoms with Crippen molar-refractivity contribution < 1.29 is 23.1 Å². The summed E-state index contributed by atoms with van der Waals surface area (Å²) in [6.07, 6.45) is 2.87. The number of carboxylic acid groups (broad SMARTS) is 1. The lowest BCUT2D eigenvalue weighted by molar-refractivity contribution is -0.134. The van der Waals surface area contributed by atoms with Gasteiger partial charge in [-0.25, -0.2) is 23.1 Å². The fraction of sp³-hybridized carbons (Fsp3) is 0.143. The number of amides is 1. The molecule has 1 aromatic heterocycles. The third-order valence-corrected chi connectivity index (χ3v) is 3.62. The Hall–Kier alpha value is -3.01. The van der Waals surface area contributed by atoms with Gasteiger partial charge in [-0.15, -0.1) is 0 Å². The number of aliphatic carboxylic acids is 1. The smallest absolute Gasteiger partial charge is 0.300 e. The first-order chi connectivity index (χ1) is 11.2. The molecule has 0 atom stereocenters. The zero-order chi connectivity index (χ0) is 18.2. The summed E-state index contributed by atoms with van der Waals surface area (Å²) in [7, 11) is -3.75. The van der Waals surface area contributed by atoms with Crippen LogP contribution in [0.5, 0.6) is 0 Å². The average molecular weight is 352 g/mol. The van der Waals surface area contributed by atoms with Crippen LogP contribution >= 0.6 is 0 Å². The van der Waals surface area contributed by atoms with Gasteiger partial charge in [0.2, 0.25) is 11.9 Å². The number of anilines is 2. The van der Waals surface area contributed by atoms with Crippen molar-refractivity contribution in [1.82, 2.24) is 9.97 Å². The Morgan fingerprint density at radius 1 is 1.04 bits per heavy atom. The number of carbonyl (C=O) groups is 2. The number of hydrogen-bond donors (Lipinski definition) is 3. The maximum atomic E-state index is 12.1. The summed E-state index contributed by atoms with van der Waals surface area (Å²) in [6.45, 7) is 2.46. The van der Waals surface area contributed by atoms with Crippen molar-refractivity contribution in [3.8, 4) is 0 Å². The summed E-state index contributed by atoms with van der Waals surface area (Å²) in [4.78, 5) is 27.5. The summed E-state index contributed by atoms with van der Waals surface area (Å²) in [6, 6.07) is 7.36. The van der Waals surface area contributed by atoms with E-state index in [4.69, 9.17) is 9.90 Å². The van der Waals surface area contributed by atoms with E-state index in [0.29, 0.717) is 5.69 Å². The molecule has 2 rings (SSSR count). The minimum atomic E-state index is -3.75. The molecule has 1 aromatic carbocycles. The Morgan fingerprint density at radius 3 is 2.00 bits per heavy atom. The fourth-order valence-electron chi connectivity index (χ4n) is 1.45. The average Bonchev–Trinajstić information content (AvgIpc) is 2.47. The minimum Gasteiger partial charge on any atom is -0.481 e. The largest absolute Gasteiger partial charge is 0.481 e. The van der Waals surface area contributed by atoms with Gasteiger partial charge in [-0.1, -0.05) is 0 Å². The van der Waals surface area contributed by atoms with E-state index in [0.717, 1.165) is 6.92 Å². The Morgan fingerprint density at radius 2 is 1.54 bits per heavy atom. The molecule has 1 heterocycles. The van der Waals surface area contributed by atoms with Crippen LogP contribution in [0, 0.1) is 0 Å². The SMILES string of the molecule is CC(=O)Nc1ccc(S(=O)(=O)Nc2ncccn2)cc1.CC(=O)O. The minimum absolute atomic E-state index is 0.00145. The fourth-order valence-corrected chi connectivity index (χ4v) is 2.41. The van der Waals surface area contributed by atoms with Crippen molar-refractivity contribution in [3.63, 3.8) is 0 Å². The van der Waals surface area contributed by atoms with Crippen LogP contribution in [-0.4, -0.2) is 35.4 Å². The lowest BCUT2D eigenvalue weighted by atomic mass is 10.3. The van der Waals surface area contributed by atoms with Crippen molar-refractivity contribution >= 4 is 33.5 Å². The molecule has 1 amide bonds. The van der Waals surface area contributed by atoms with E-state index >= 15 is 0 Å². The first-order valence-corrected chi connectivity index (χ1v) is 8.06. The van der Waals surface area contributed by atoms with E-state index in [1.807, 2.05) is 0 Å². The molecule has 0 aliphatic carbocycles. The number of hydrogen-bond acceptors (Lipinski definition) is 6. The highest BCUT2D eigenvalue weighted by atomic mass is 32.2. The topological polar surface area (TPSA) is 138 Å². The molecule has 0 aliphatic rings. The summed E-state index contributed by atoms with van der Waals surface area (Å²) in [5, 5.41) is 9.97. The number of benzene rings is 1. The van der Waals surface area contributed by atoms with Crippen LogP contribution < -0.4 is 10.0 Å². The van der Waals surface area contributed by atoms with Gasteiger partial charge in [-0.3, -0.25) is 9.59 Å². The van der Waals surface area contributed by atoms with Crippen LogP contribution in [0.2, 0.25) is 0 Å². The maximum Gasteiger partial charge on any atom is 0.300 e. The molecule has 24 heavy (non-hydrogen) atoms. The summed E-state index contributed by atoms with van der Waals surface area (Å²) < 4.78 is 26.4. The van der Waals surface area contributed by atoms with Crippen molar-refractivity contribution in [1.29, 1.82) is 0 Å². The van der Waals surface area contributed by atoms with Crippen molar-refractivity contribution in [2.45, 2.75) is 18.7 Å². The third kappa shape index (κ3) is 6.83. The van der Waals surface area contributed by atoms with Crippen LogP contribution in [0.4, 0.5) is 11.6 Å². The van der Waals surface area contributed by atoms with E-state index in [1.54, 1.807) is 6.07 Å². The maximum absolute atomic E-state index is 12.1. The van der Waals surface area contributed by atoms with Gasteiger partial charge in [-0.2, -0.15) is 0 Å². The Balaban J connectivity index is 0.000000648. The molecule has 0 saturated carbocycles. The van der Waals surface area contributed by atoms with Crippen molar-refractivity contribution in [2.24, 2.45) is 0 Å². The number of nitrogens with zero attached hydrogens (tertiary/aromatic N) is 2. The molecule has 0 fully saturated rings. The van der Waals surface area contributed by atoms with Crippen LogP contribution in [0.3, 0.4) is 0 Å². The number of nitrogens with one attached hydrogen (secondary N) is 2. The van der Waals surface area contributed by atoms with E-state index in [-0.39, 0.29) is 16.8 Å². The van der Waals surface area contributed by atoms with Crippen LogP contribution in [0.1, 0.15) is 13.8 Å². The van der Waals surface area contributed by atoms with Crippen LogP contribution in [-0.2, 0) is 19.6 Å². The highest BCUT2D eigenvalue weighted by molar-refractivity contribution is 7.92. The summed E-state index contributed by atoms with van der Waals surface area (Å²) in [5.41, 5.74) is 0.521. The van der Waals surface area contributed by atoms with Crippen LogP contribution in [0.15, 0.2) is 47.6 Å². The molecule has 0 aliphatic heterocycles. The van der Waals surface area contributed by atoms with Gasteiger partial charge in [0.1, 0.15) is 0 Å². The molecule has 3 N–H and O–H groups in total. The first-order valence-electron chi connectivity index (χ1n) is 6.58. The molecule has 10 heteroatoms. The van der Waals surface area contributed by atoms with Crippen LogP contribution in [0.25, 0.3) is 0 Å². The highest BCUT2D eigenvalue weighted by Gasteiger charge is 2.15. The Labute approximate surface area is 138 Å². The van der Waals surface area contributed by atoms with Gasteiger partial charge in [0.25, 0.3) is 16.0 Å². The zero-order valence-corrected chi connectivity index (χ0v) is 13.7. The summed E-state index contributed by atoms with van der Waals surface area (Å²) >= 11 is 0. The zero-order valence-electron chi connectivity index (χ0n) is 12.9. The molecule has 0 bridgehead atoms.